The first kappa shape index (κ1) is 10.6. The molecule has 2 aromatic rings. The van der Waals surface area contributed by atoms with E-state index in [1.165, 1.54) is 5.56 Å². The van der Waals surface area contributed by atoms with Crippen molar-refractivity contribution in [2.24, 2.45) is 0 Å². The number of hydrogen-bond donors (Lipinski definition) is 1. The average molecular weight is 213 g/mol. The third kappa shape index (κ3) is 2.37. The van der Waals surface area contributed by atoms with Crippen LogP contribution in [0.5, 0.6) is 0 Å². The summed E-state index contributed by atoms with van der Waals surface area (Å²) in [5.41, 5.74) is 3.45. The van der Waals surface area contributed by atoms with Crippen LogP contribution in [0.15, 0.2) is 36.7 Å². The smallest absolute Gasteiger partial charge is 0.222 e. The quantitative estimate of drug-likeness (QED) is 0.851. The van der Waals surface area contributed by atoms with Gasteiger partial charge in [0.1, 0.15) is 0 Å². The summed E-state index contributed by atoms with van der Waals surface area (Å²) >= 11 is 0. The third-order valence-electron chi connectivity index (χ3n) is 2.37. The summed E-state index contributed by atoms with van der Waals surface area (Å²) in [5, 5.41) is 3.07. The van der Waals surface area contributed by atoms with Crippen LogP contribution in [-0.4, -0.2) is 16.5 Å². The standard InChI is InChI=1S/C13H15N3/c1-3-14-13-15-8-12(9-16-13)11-6-4-10(2)5-7-11/h4-9H,3H2,1-2H3,(H,14,15,16). The van der Waals surface area contributed by atoms with Crippen LogP contribution in [0, 0.1) is 6.92 Å². The van der Waals surface area contributed by atoms with Gasteiger partial charge < -0.3 is 5.32 Å². The topological polar surface area (TPSA) is 37.8 Å². The van der Waals surface area contributed by atoms with Gasteiger partial charge in [0.15, 0.2) is 0 Å². The highest BCUT2D eigenvalue weighted by Crippen LogP contribution is 2.18. The number of hydrogen-bond acceptors (Lipinski definition) is 3. The van der Waals surface area contributed by atoms with Gasteiger partial charge >= 0.3 is 0 Å². The lowest BCUT2D eigenvalue weighted by Crippen LogP contribution is -2.01. The van der Waals surface area contributed by atoms with Crippen LogP contribution >= 0.6 is 0 Å². The number of anilines is 1. The molecule has 16 heavy (non-hydrogen) atoms. The predicted molar refractivity (Wildman–Crippen MR) is 66.4 cm³/mol. The van der Waals surface area contributed by atoms with E-state index in [0.29, 0.717) is 5.95 Å². The monoisotopic (exact) mass is 213 g/mol. The van der Waals surface area contributed by atoms with E-state index in [-0.39, 0.29) is 0 Å². The molecule has 0 amide bonds. The van der Waals surface area contributed by atoms with Gasteiger partial charge in [0, 0.05) is 24.5 Å². The van der Waals surface area contributed by atoms with E-state index in [1.54, 1.807) is 0 Å². The molecule has 0 radical (unpaired) electrons. The molecule has 3 nitrogen and oxygen atoms in total. The van der Waals surface area contributed by atoms with Gasteiger partial charge in [-0.1, -0.05) is 29.8 Å². The Morgan fingerprint density at radius 2 is 1.62 bits per heavy atom. The molecule has 0 aliphatic heterocycles. The van der Waals surface area contributed by atoms with Crippen molar-refractivity contribution < 1.29 is 0 Å². The molecule has 0 aliphatic rings. The fourth-order valence-electron chi connectivity index (χ4n) is 1.47. The normalized spacial score (nSPS) is 10.1. The maximum atomic E-state index is 4.25. The highest BCUT2D eigenvalue weighted by Gasteiger charge is 1.99. The van der Waals surface area contributed by atoms with Gasteiger partial charge in [-0.25, -0.2) is 9.97 Å². The van der Waals surface area contributed by atoms with E-state index >= 15 is 0 Å². The summed E-state index contributed by atoms with van der Waals surface area (Å²) in [7, 11) is 0. The molecule has 2 rings (SSSR count). The number of rotatable bonds is 3. The number of nitrogens with zero attached hydrogens (tertiary/aromatic N) is 2. The van der Waals surface area contributed by atoms with Crippen molar-refractivity contribution >= 4 is 5.95 Å². The Morgan fingerprint density at radius 3 is 2.19 bits per heavy atom. The Kier molecular flexibility index (Phi) is 3.15. The van der Waals surface area contributed by atoms with Crippen LogP contribution in [0.2, 0.25) is 0 Å². The number of aromatic nitrogens is 2. The molecule has 0 spiro atoms. The third-order valence-corrected chi connectivity index (χ3v) is 2.37. The molecule has 0 saturated heterocycles. The van der Waals surface area contributed by atoms with Crippen molar-refractivity contribution in [2.45, 2.75) is 13.8 Å². The molecule has 0 fully saturated rings. The number of nitrogens with one attached hydrogen (secondary N) is 1. The lowest BCUT2D eigenvalue weighted by atomic mass is 10.1. The summed E-state index contributed by atoms with van der Waals surface area (Å²) in [4.78, 5) is 8.49. The van der Waals surface area contributed by atoms with Crippen LogP contribution in [0.3, 0.4) is 0 Å². The van der Waals surface area contributed by atoms with E-state index in [9.17, 15) is 0 Å². The predicted octanol–water partition coefficient (Wildman–Crippen LogP) is 2.88. The zero-order valence-corrected chi connectivity index (χ0v) is 9.57. The maximum Gasteiger partial charge on any atom is 0.222 e. The summed E-state index contributed by atoms with van der Waals surface area (Å²) in [6.45, 7) is 4.94. The van der Waals surface area contributed by atoms with E-state index in [2.05, 4.69) is 46.5 Å². The molecular weight excluding hydrogens is 198 g/mol. The second kappa shape index (κ2) is 4.75. The molecule has 0 bridgehead atoms. The highest BCUT2D eigenvalue weighted by molar-refractivity contribution is 5.62. The van der Waals surface area contributed by atoms with Gasteiger partial charge in [-0.05, 0) is 19.4 Å². The van der Waals surface area contributed by atoms with Gasteiger partial charge in [-0.2, -0.15) is 0 Å². The molecule has 0 unspecified atom stereocenters. The second-order valence-corrected chi connectivity index (χ2v) is 3.69. The van der Waals surface area contributed by atoms with Crippen LogP contribution in [0.1, 0.15) is 12.5 Å². The van der Waals surface area contributed by atoms with Gasteiger partial charge in [0.2, 0.25) is 5.95 Å². The molecule has 1 aromatic carbocycles. The first-order chi connectivity index (χ1) is 7.79. The lowest BCUT2D eigenvalue weighted by Gasteiger charge is -2.03. The molecule has 0 atom stereocenters. The summed E-state index contributed by atoms with van der Waals surface area (Å²) < 4.78 is 0. The fourth-order valence-corrected chi connectivity index (χ4v) is 1.47. The van der Waals surface area contributed by atoms with Gasteiger partial charge in [-0.3, -0.25) is 0 Å². The molecular formula is C13H15N3. The molecule has 0 aliphatic carbocycles. The van der Waals surface area contributed by atoms with Crippen molar-refractivity contribution in [3.8, 4) is 11.1 Å². The summed E-state index contributed by atoms with van der Waals surface area (Å²) in [6.07, 6.45) is 3.69. The Balaban J connectivity index is 2.24. The Bertz CT molecular complexity index is 446. The van der Waals surface area contributed by atoms with E-state index in [4.69, 9.17) is 0 Å². The van der Waals surface area contributed by atoms with Gasteiger partial charge in [-0.15, -0.1) is 0 Å². The molecule has 3 heteroatoms. The van der Waals surface area contributed by atoms with Crippen molar-refractivity contribution in [3.63, 3.8) is 0 Å². The van der Waals surface area contributed by atoms with Crippen molar-refractivity contribution in [1.82, 2.24) is 9.97 Å². The Labute approximate surface area is 95.6 Å². The van der Waals surface area contributed by atoms with Gasteiger partial charge in [0.05, 0.1) is 0 Å². The minimum atomic E-state index is 0.679. The summed E-state index contributed by atoms with van der Waals surface area (Å²) in [5.74, 6) is 0.679. The minimum Gasteiger partial charge on any atom is -0.355 e. The second-order valence-electron chi connectivity index (χ2n) is 3.69. The van der Waals surface area contributed by atoms with E-state index < -0.39 is 0 Å². The minimum absolute atomic E-state index is 0.679. The van der Waals surface area contributed by atoms with Crippen LogP contribution in [-0.2, 0) is 0 Å². The van der Waals surface area contributed by atoms with Gasteiger partial charge in [0.25, 0.3) is 0 Å². The summed E-state index contributed by atoms with van der Waals surface area (Å²) in [6, 6.07) is 8.35. The van der Waals surface area contributed by atoms with Crippen molar-refractivity contribution in [3.05, 3.63) is 42.2 Å². The largest absolute Gasteiger partial charge is 0.355 e. The first-order valence-electron chi connectivity index (χ1n) is 5.42. The molecule has 1 N–H and O–H groups in total. The zero-order valence-electron chi connectivity index (χ0n) is 9.57. The lowest BCUT2D eigenvalue weighted by molar-refractivity contribution is 1.09. The first-order valence-corrected chi connectivity index (χ1v) is 5.42. The molecule has 82 valence electrons. The zero-order chi connectivity index (χ0) is 11.4. The maximum absolute atomic E-state index is 4.25. The van der Waals surface area contributed by atoms with Crippen molar-refractivity contribution in [2.75, 3.05) is 11.9 Å². The fraction of sp³-hybridized carbons (Fsp3) is 0.231. The van der Waals surface area contributed by atoms with Crippen LogP contribution in [0.25, 0.3) is 11.1 Å². The van der Waals surface area contributed by atoms with Crippen LogP contribution in [0.4, 0.5) is 5.95 Å². The molecule has 1 heterocycles. The Morgan fingerprint density at radius 1 is 1.00 bits per heavy atom. The number of aryl methyl sites for hydroxylation is 1. The van der Waals surface area contributed by atoms with E-state index in [1.807, 2.05) is 19.3 Å². The number of benzene rings is 1. The van der Waals surface area contributed by atoms with Crippen molar-refractivity contribution in [1.29, 1.82) is 0 Å². The van der Waals surface area contributed by atoms with E-state index in [0.717, 1.165) is 17.7 Å². The Hall–Kier alpha value is -1.90. The SMILES string of the molecule is CCNc1ncc(-c2ccc(C)cc2)cn1. The molecule has 0 saturated carbocycles. The average Bonchev–Trinajstić information content (AvgIpc) is 2.32. The molecule has 1 aromatic heterocycles. The highest BCUT2D eigenvalue weighted by atomic mass is 15.1. The van der Waals surface area contributed by atoms with Crippen LogP contribution < -0.4 is 5.32 Å².